The fraction of sp³-hybridized carbons (Fsp3) is 0.300. The molecule has 3 aromatic carbocycles. The van der Waals surface area contributed by atoms with Gasteiger partial charge in [-0.1, -0.05) is 90.1 Å². The average Bonchev–Trinajstić information content (AvgIpc) is 2.76. The highest BCUT2D eigenvalue weighted by Crippen LogP contribution is 2.35. The maximum absolute atomic E-state index is 14.1. The van der Waals surface area contributed by atoms with Gasteiger partial charge in [-0.3, -0.25) is 4.98 Å². The van der Waals surface area contributed by atoms with Crippen molar-refractivity contribution in [1.29, 1.82) is 0 Å². The molecule has 0 aliphatic carbocycles. The minimum atomic E-state index is -6.08. The molecule has 1 nitrogen and oxygen atoms in total. The number of hydrogen-bond acceptors (Lipinski definition) is 1. The van der Waals surface area contributed by atoms with Crippen molar-refractivity contribution in [1.82, 2.24) is 4.98 Å². The third-order valence-corrected chi connectivity index (χ3v) is 7.18. The zero-order valence-corrected chi connectivity index (χ0v) is 22.2. The largest absolute Gasteiger partial charge is 0.655 e. The maximum Gasteiger partial charge on any atom is 0.655 e. The Morgan fingerprint density at radius 3 is 2.03 bits per heavy atom. The zero-order chi connectivity index (χ0) is 25.6. The van der Waals surface area contributed by atoms with Crippen molar-refractivity contribution in [3.8, 4) is 22.4 Å². The summed E-state index contributed by atoms with van der Waals surface area (Å²) in [6.45, 7) is 12.9. The lowest BCUT2D eigenvalue weighted by molar-refractivity contribution is 0.411. The number of hydrogen-bond donors (Lipinski definition) is 0. The van der Waals surface area contributed by atoms with Crippen LogP contribution in [0.4, 0.5) is 12.3 Å². The van der Waals surface area contributed by atoms with E-state index in [1.54, 1.807) is 6.07 Å². The van der Waals surface area contributed by atoms with Crippen molar-refractivity contribution < 1.29 is 12.3 Å². The summed E-state index contributed by atoms with van der Waals surface area (Å²) in [5.41, 5.74) is 4.41. The fourth-order valence-corrected chi connectivity index (χ4v) is 5.30. The Balaban J connectivity index is 1.87. The van der Waals surface area contributed by atoms with Crippen molar-refractivity contribution in [2.45, 2.75) is 53.4 Å². The van der Waals surface area contributed by atoms with Gasteiger partial charge in [-0.2, -0.15) is 0 Å². The lowest BCUT2D eigenvalue weighted by Gasteiger charge is -2.23. The smallest absolute Gasteiger partial charge is 0.256 e. The van der Waals surface area contributed by atoms with Gasteiger partial charge in [0.15, 0.2) is 0 Å². The normalized spacial score (nSPS) is 12.8. The van der Waals surface area contributed by atoms with Crippen molar-refractivity contribution in [3.05, 3.63) is 84.1 Å². The van der Waals surface area contributed by atoms with E-state index in [4.69, 9.17) is 0 Å². The van der Waals surface area contributed by atoms with Gasteiger partial charge in [0.25, 0.3) is 0 Å². The van der Waals surface area contributed by atoms with Crippen LogP contribution in [0.25, 0.3) is 33.2 Å². The lowest BCUT2D eigenvalue weighted by atomic mass is 9.82. The summed E-state index contributed by atoms with van der Waals surface area (Å²) >= 11 is 0. The second kappa shape index (κ2) is 8.94. The van der Waals surface area contributed by atoms with Gasteiger partial charge in [-0.15, -0.1) is 0 Å². The minimum Gasteiger partial charge on any atom is -0.256 e. The van der Waals surface area contributed by atoms with E-state index in [2.05, 4.69) is 58.7 Å². The molecule has 0 radical (unpaired) electrons. The number of rotatable bonds is 4. The zero-order valence-electron chi connectivity index (χ0n) is 21.2. The van der Waals surface area contributed by atoms with E-state index >= 15 is 0 Å². The first kappa shape index (κ1) is 25.2. The molecular formula is C30H32F3NSi. The second-order valence-corrected chi connectivity index (χ2v) is 13.1. The number of pyridine rings is 1. The molecule has 0 atom stereocenters. The van der Waals surface area contributed by atoms with Crippen molar-refractivity contribution in [2.75, 3.05) is 0 Å². The van der Waals surface area contributed by atoms with Crippen LogP contribution in [-0.2, 0) is 11.8 Å². The predicted molar refractivity (Wildman–Crippen MR) is 143 cm³/mol. The topological polar surface area (TPSA) is 12.9 Å². The van der Waals surface area contributed by atoms with Crippen LogP contribution in [0.1, 0.15) is 52.7 Å². The third-order valence-electron chi connectivity index (χ3n) is 6.17. The molecule has 4 rings (SSSR count). The summed E-state index contributed by atoms with van der Waals surface area (Å²) in [6, 6.07) is 21.3. The summed E-state index contributed by atoms with van der Waals surface area (Å²) in [5, 5.41) is 1.62. The average molecular weight is 492 g/mol. The Hall–Kier alpha value is -2.92. The van der Waals surface area contributed by atoms with E-state index in [1.165, 1.54) is 0 Å². The molecule has 0 aliphatic rings. The second-order valence-electron chi connectivity index (χ2n) is 11.5. The monoisotopic (exact) mass is 491 g/mol. The summed E-state index contributed by atoms with van der Waals surface area (Å²) in [6.07, 6.45) is 1.90. The van der Waals surface area contributed by atoms with Gasteiger partial charge in [0.05, 0.1) is 10.9 Å². The van der Waals surface area contributed by atoms with Crippen LogP contribution in [0, 0.1) is 5.41 Å². The van der Waals surface area contributed by atoms with E-state index in [1.807, 2.05) is 48.5 Å². The quantitative estimate of drug-likeness (QED) is 0.206. The molecule has 0 unspecified atom stereocenters. The summed E-state index contributed by atoms with van der Waals surface area (Å²) < 4.78 is 42.3. The van der Waals surface area contributed by atoms with Crippen LogP contribution in [-0.4, -0.2) is 14.1 Å². The van der Waals surface area contributed by atoms with Crippen molar-refractivity contribution in [2.24, 2.45) is 5.41 Å². The van der Waals surface area contributed by atoms with Gasteiger partial charge in [0.2, 0.25) is 0 Å². The number of fused-ring (bicyclic) bond motifs is 1. The third kappa shape index (κ3) is 5.67. The minimum absolute atomic E-state index is 0.107. The highest BCUT2D eigenvalue weighted by molar-refractivity contribution is 6.74. The molecule has 4 aromatic rings. The van der Waals surface area contributed by atoms with E-state index in [0.717, 1.165) is 40.1 Å². The Morgan fingerprint density at radius 2 is 1.43 bits per heavy atom. The maximum atomic E-state index is 14.1. The summed E-state index contributed by atoms with van der Waals surface area (Å²) in [7, 11) is -6.08. The summed E-state index contributed by atoms with van der Waals surface area (Å²) in [5.74, 6) is 0. The number of halogens is 3. The van der Waals surface area contributed by atoms with Gasteiger partial charge < -0.3 is 0 Å². The molecule has 5 heteroatoms. The highest BCUT2D eigenvalue weighted by atomic mass is 28.5. The summed E-state index contributed by atoms with van der Waals surface area (Å²) in [4.78, 5) is 4.31. The van der Waals surface area contributed by atoms with E-state index in [9.17, 15) is 12.3 Å². The first-order chi connectivity index (χ1) is 16.2. The van der Waals surface area contributed by atoms with E-state index in [-0.39, 0.29) is 16.4 Å². The van der Waals surface area contributed by atoms with Crippen LogP contribution < -0.4 is 5.19 Å². The molecule has 0 N–H and O–H groups in total. The fourth-order valence-electron chi connectivity index (χ4n) is 4.57. The Morgan fingerprint density at radius 1 is 0.771 bits per heavy atom. The molecule has 0 bridgehead atoms. The molecule has 35 heavy (non-hydrogen) atoms. The van der Waals surface area contributed by atoms with Crippen LogP contribution in [0.15, 0.2) is 72.9 Å². The molecule has 0 saturated carbocycles. The van der Waals surface area contributed by atoms with Crippen LogP contribution in [0.5, 0.6) is 0 Å². The molecule has 0 aliphatic heterocycles. The standard InChI is InChI=1S/C30H32F3NSi/c1-29(2,3)18-20-11-13-21(14-12-20)25-17-27(34-19-28(25)35(31,32)33)23-15-22-9-7-8-10-24(22)26(16-23)30(4,5)6/h7-17,19H,18H2,1-6H3. The molecule has 1 heterocycles. The SMILES string of the molecule is CC(C)(C)Cc1ccc(-c2cc(-c3cc(C(C)(C)C)c4ccccc4c3)ncc2[Si](F)(F)F)cc1. The highest BCUT2D eigenvalue weighted by Gasteiger charge is 2.43. The molecule has 0 spiro atoms. The van der Waals surface area contributed by atoms with Gasteiger partial charge in [0, 0.05) is 11.8 Å². The van der Waals surface area contributed by atoms with Crippen molar-refractivity contribution >= 4 is 25.0 Å². The van der Waals surface area contributed by atoms with Gasteiger partial charge in [0.1, 0.15) is 0 Å². The van der Waals surface area contributed by atoms with E-state index in [0.29, 0.717) is 11.3 Å². The molecule has 1 aromatic heterocycles. The van der Waals surface area contributed by atoms with Gasteiger partial charge in [-0.05, 0) is 68.5 Å². The Bertz CT molecular complexity index is 1360. The van der Waals surface area contributed by atoms with Gasteiger partial charge in [-0.25, -0.2) is 12.3 Å². The number of aromatic nitrogens is 1. The lowest BCUT2D eigenvalue weighted by Crippen LogP contribution is -2.36. The number of nitrogens with zero attached hydrogens (tertiary/aromatic N) is 1. The molecular weight excluding hydrogens is 459 g/mol. The molecule has 0 saturated heterocycles. The van der Waals surface area contributed by atoms with Crippen LogP contribution in [0.3, 0.4) is 0 Å². The first-order valence-electron chi connectivity index (χ1n) is 11.9. The predicted octanol–water partition coefficient (Wildman–Crippen LogP) is 8.51. The van der Waals surface area contributed by atoms with Gasteiger partial charge >= 0.3 is 9.08 Å². The van der Waals surface area contributed by atoms with E-state index < -0.39 is 14.3 Å². The molecule has 0 amide bonds. The molecule has 182 valence electrons. The first-order valence-corrected chi connectivity index (χ1v) is 13.6. The Labute approximate surface area is 207 Å². The van der Waals surface area contributed by atoms with Crippen molar-refractivity contribution in [3.63, 3.8) is 0 Å². The number of benzene rings is 3. The molecule has 0 fully saturated rings. The van der Waals surface area contributed by atoms with Crippen LogP contribution >= 0.6 is 0 Å². The van der Waals surface area contributed by atoms with Crippen LogP contribution in [0.2, 0.25) is 0 Å². The Kier molecular flexibility index (Phi) is 6.43.